The molecule has 0 aliphatic carbocycles. The molecule has 0 aliphatic heterocycles. The van der Waals surface area contributed by atoms with Crippen molar-refractivity contribution in [3.63, 3.8) is 0 Å². The van der Waals surface area contributed by atoms with Crippen LogP contribution in [0.2, 0.25) is 0 Å². The highest BCUT2D eigenvalue weighted by Gasteiger charge is 2.22. The molecule has 0 fully saturated rings. The first kappa shape index (κ1) is 76.0. The van der Waals surface area contributed by atoms with Gasteiger partial charge < -0.3 is 27.9 Å². The van der Waals surface area contributed by atoms with Gasteiger partial charge in [0.05, 0.1) is 27.7 Å². The van der Waals surface area contributed by atoms with Crippen molar-refractivity contribution in [2.75, 3.05) is 47.5 Å². The van der Waals surface area contributed by atoms with Crippen LogP contribution in [0.4, 0.5) is 0 Å². The maximum absolute atomic E-state index is 12.8. The fraction of sp³-hybridized carbons (Fsp3) is 0.853. The van der Waals surface area contributed by atoms with Gasteiger partial charge in [0.2, 0.25) is 0 Å². The van der Waals surface area contributed by atoms with Crippen LogP contribution < -0.4 is 4.89 Å². The molecule has 458 valence electrons. The summed E-state index contributed by atoms with van der Waals surface area (Å²) >= 11 is 0. The third-order valence-corrected chi connectivity index (χ3v) is 15.8. The van der Waals surface area contributed by atoms with Crippen LogP contribution in [0.3, 0.4) is 0 Å². The number of quaternary nitrogens is 1. The summed E-state index contributed by atoms with van der Waals surface area (Å²) in [5.41, 5.74) is 0. The molecule has 10 heteroatoms. The zero-order valence-corrected chi connectivity index (χ0v) is 53.0. The molecule has 78 heavy (non-hydrogen) atoms. The Morgan fingerprint density at radius 3 is 1.09 bits per heavy atom. The van der Waals surface area contributed by atoms with Crippen molar-refractivity contribution >= 4 is 19.8 Å². The highest BCUT2D eigenvalue weighted by molar-refractivity contribution is 7.45. The molecule has 0 aromatic carbocycles. The first-order valence-corrected chi connectivity index (χ1v) is 34.8. The van der Waals surface area contributed by atoms with Crippen molar-refractivity contribution in [3.8, 4) is 0 Å². The number of unbranched alkanes of at least 4 members (excludes halogenated alkanes) is 40. The van der Waals surface area contributed by atoms with E-state index in [1.807, 2.05) is 21.1 Å². The average molecular weight is 1120 g/mol. The van der Waals surface area contributed by atoms with E-state index < -0.39 is 26.5 Å². The number of allylic oxidation sites excluding steroid dienone is 8. The Balaban J connectivity index is 3.95. The number of esters is 2. The van der Waals surface area contributed by atoms with Crippen molar-refractivity contribution in [3.05, 3.63) is 48.6 Å². The van der Waals surface area contributed by atoms with Crippen molar-refractivity contribution < 1.29 is 42.1 Å². The van der Waals surface area contributed by atoms with Crippen molar-refractivity contribution in [1.82, 2.24) is 0 Å². The summed E-state index contributed by atoms with van der Waals surface area (Å²) in [7, 11) is 1.16. The van der Waals surface area contributed by atoms with E-state index in [4.69, 9.17) is 18.5 Å². The minimum absolute atomic E-state index is 0.0338. The zero-order chi connectivity index (χ0) is 57.0. The highest BCUT2D eigenvalue weighted by Crippen LogP contribution is 2.38. The third kappa shape index (κ3) is 63.2. The van der Waals surface area contributed by atoms with Crippen LogP contribution in [0.1, 0.15) is 322 Å². The Kier molecular flexibility index (Phi) is 58.0. The zero-order valence-electron chi connectivity index (χ0n) is 52.1. The first-order valence-electron chi connectivity index (χ1n) is 33.3. The van der Waals surface area contributed by atoms with Crippen LogP contribution in [0, 0.1) is 0 Å². The number of rotatable bonds is 62. The molecule has 0 spiro atoms. The molecule has 0 heterocycles. The van der Waals surface area contributed by atoms with Crippen LogP contribution in [0.5, 0.6) is 0 Å². The van der Waals surface area contributed by atoms with Gasteiger partial charge in [-0.1, -0.05) is 306 Å². The maximum Gasteiger partial charge on any atom is 0.306 e. The SMILES string of the molecule is CC/C=C\C/C=C\C/C=C\C/C=C\CCCCCCCCC(=O)OC(COC(=O)CCCCCCCCCCCCCCCCCCCCCCCCCCCCCCCCCCCCC)COP(=O)([O-])OCC[N+](C)(C)C. The Bertz CT molecular complexity index is 1460. The van der Waals surface area contributed by atoms with E-state index in [9.17, 15) is 19.0 Å². The second kappa shape index (κ2) is 59.6. The number of phosphoric ester groups is 1. The number of ether oxygens (including phenoxy) is 2. The molecule has 9 nitrogen and oxygen atoms in total. The summed E-state index contributed by atoms with van der Waals surface area (Å²) < 4.78 is 34.2. The average Bonchev–Trinajstić information content (AvgIpc) is 3.41. The summed E-state index contributed by atoms with van der Waals surface area (Å²) in [4.78, 5) is 37.9. The lowest BCUT2D eigenvalue weighted by Crippen LogP contribution is -2.37. The summed E-state index contributed by atoms with van der Waals surface area (Å²) in [5.74, 6) is -0.837. The van der Waals surface area contributed by atoms with E-state index in [-0.39, 0.29) is 32.0 Å². The molecule has 0 amide bonds. The lowest BCUT2D eigenvalue weighted by atomic mass is 10.0. The summed E-state index contributed by atoms with van der Waals surface area (Å²) in [6.07, 6.45) is 76.3. The predicted molar refractivity (Wildman–Crippen MR) is 333 cm³/mol. The van der Waals surface area contributed by atoms with E-state index in [0.717, 1.165) is 83.5 Å². The maximum atomic E-state index is 12.8. The summed E-state index contributed by atoms with van der Waals surface area (Å²) in [6.45, 7) is 4.16. The van der Waals surface area contributed by atoms with Crippen LogP contribution in [-0.4, -0.2) is 70.0 Å². The fourth-order valence-corrected chi connectivity index (χ4v) is 10.5. The Hall–Kier alpha value is -2.03. The number of phosphoric acid groups is 1. The number of carbonyl (C=O) groups is 2. The number of hydrogen-bond donors (Lipinski definition) is 0. The van der Waals surface area contributed by atoms with Crippen LogP contribution in [0.25, 0.3) is 0 Å². The van der Waals surface area contributed by atoms with Crippen molar-refractivity contribution in [2.24, 2.45) is 0 Å². The molecule has 0 saturated heterocycles. The molecule has 2 atom stereocenters. The minimum Gasteiger partial charge on any atom is -0.756 e. The Labute approximate surface area is 484 Å². The van der Waals surface area contributed by atoms with Crippen molar-refractivity contribution in [2.45, 2.75) is 328 Å². The van der Waals surface area contributed by atoms with Gasteiger partial charge in [-0.25, -0.2) is 0 Å². The van der Waals surface area contributed by atoms with Gasteiger partial charge in [-0.05, 0) is 51.4 Å². The van der Waals surface area contributed by atoms with Gasteiger partial charge in [-0.3, -0.25) is 14.2 Å². The third-order valence-electron chi connectivity index (χ3n) is 14.9. The number of hydrogen-bond acceptors (Lipinski definition) is 8. The molecular formula is C68H128NO8P. The molecular weight excluding hydrogens is 990 g/mol. The topological polar surface area (TPSA) is 111 Å². The quantitative estimate of drug-likeness (QED) is 0.0195. The fourth-order valence-electron chi connectivity index (χ4n) is 9.77. The normalized spacial score (nSPS) is 13.5. The molecule has 0 bridgehead atoms. The van der Waals surface area contributed by atoms with Gasteiger partial charge in [-0.15, -0.1) is 0 Å². The van der Waals surface area contributed by atoms with Gasteiger partial charge in [0.15, 0.2) is 6.10 Å². The monoisotopic (exact) mass is 1120 g/mol. The lowest BCUT2D eigenvalue weighted by Gasteiger charge is -2.28. The highest BCUT2D eigenvalue weighted by atomic mass is 31.2. The molecule has 0 rings (SSSR count). The smallest absolute Gasteiger partial charge is 0.306 e. The van der Waals surface area contributed by atoms with E-state index in [1.165, 1.54) is 205 Å². The standard InChI is InChI=1S/C68H128NO8P/c1-6-8-10-12-14-16-18-20-22-24-26-27-28-29-30-31-32-33-34-35-36-37-38-39-40-41-43-44-46-48-50-52-54-56-58-60-67(70)74-64-66(65-76-78(72,73)75-63-62-69(3,4)5)77-68(71)61-59-57-55-53-51-49-47-45-42-25-23-21-19-17-15-13-11-9-7-2/h9,11,15,17,21,23,42,45,66H,6-8,10,12-14,16,18-20,22,24-41,43-44,46-65H2,1-5H3/b11-9-,17-15-,23-21-,45-42-. The molecule has 0 saturated carbocycles. The Morgan fingerprint density at radius 1 is 0.410 bits per heavy atom. The van der Waals surface area contributed by atoms with Gasteiger partial charge in [-0.2, -0.15) is 0 Å². The van der Waals surface area contributed by atoms with E-state index in [1.54, 1.807) is 0 Å². The summed E-state index contributed by atoms with van der Waals surface area (Å²) in [5, 5.41) is 0. The first-order chi connectivity index (χ1) is 38.0. The van der Waals surface area contributed by atoms with Crippen LogP contribution in [0.15, 0.2) is 48.6 Å². The minimum atomic E-state index is -4.64. The van der Waals surface area contributed by atoms with Crippen LogP contribution >= 0.6 is 7.82 Å². The van der Waals surface area contributed by atoms with E-state index >= 15 is 0 Å². The number of nitrogens with zero attached hydrogens (tertiary/aromatic N) is 1. The largest absolute Gasteiger partial charge is 0.756 e. The van der Waals surface area contributed by atoms with E-state index in [0.29, 0.717) is 17.4 Å². The molecule has 2 unspecified atom stereocenters. The van der Waals surface area contributed by atoms with Gasteiger partial charge in [0.1, 0.15) is 19.8 Å². The molecule has 0 aromatic heterocycles. The van der Waals surface area contributed by atoms with Crippen molar-refractivity contribution in [1.29, 1.82) is 0 Å². The second-order valence-corrected chi connectivity index (χ2v) is 25.2. The lowest BCUT2D eigenvalue weighted by molar-refractivity contribution is -0.870. The van der Waals surface area contributed by atoms with Gasteiger partial charge >= 0.3 is 11.9 Å². The number of likely N-dealkylation sites (N-methyl/N-ethyl adjacent to an activating group) is 1. The summed E-state index contributed by atoms with van der Waals surface area (Å²) in [6, 6.07) is 0. The second-order valence-electron chi connectivity index (χ2n) is 23.8. The van der Waals surface area contributed by atoms with E-state index in [2.05, 4.69) is 62.5 Å². The molecule has 0 radical (unpaired) electrons. The molecule has 0 aliphatic rings. The van der Waals surface area contributed by atoms with Crippen LogP contribution in [-0.2, 0) is 32.7 Å². The number of carbonyl (C=O) groups excluding carboxylic acids is 2. The molecule has 0 aromatic rings. The predicted octanol–water partition coefficient (Wildman–Crippen LogP) is 20.6. The van der Waals surface area contributed by atoms with Gasteiger partial charge in [0, 0.05) is 12.8 Å². The Morgan fingerprint density at radius 2 is 0.731 bits per heavy atom. The molecule has 0 N–H and O–H groups in total. The van der Waals surface area contributed by atoms with Gasteiger partial charge in [0.25, 0.3) is 7.82 Å².